The first kappa shape index (κ1) is 24.3. The summed E-state index contributed by atoms with van der Waals surface area (Å²) in [4.78, 5) is 9.33. The Morgan fingerprint density at radius 3 is 2.27 bits per heavy atom. The van der Waals surface area contributed by atoms with Crippen LogP contribution in [0.2, 0.25) is 0 Å². The van der Waals surface area contributed by atoms with Gasteiger partial charge in [0, 0.05) is 46.3 Å². The SMILES string of the molecule is CN=C(NCCc1ccc(OC)c(OC)c1)N1CCN(Cc2ccccc2)CC1.I. The van der Waals surface area contributed by atoms with Crippen LogP contribution in [-0.2, 0) is 13.0 Å². The Hall–Kier alpha value is -2.00. The number of nitrogens with one attached hydrogen (secondary N) is 1. The lowest BCUT2D eigenvalue weighted by atomic mass is 10.1. The Bertz CT molecular complexity index is 793. The predicted molar refractivity (Wildman–Crippen MR) is 133 cm³/mol. The first-order valence-corrected chi connectivity index (χ1v) is 10.2. The van der Waals surface area contributed by atoms with Gasteiger partial charge in [-0.05, 0) is 29.7 Å². The molecule has 1 aliphatic rings. The minimum absolute atomic E-state index is 0. The molecule has 7 heteroatoms. The lowest BCUT2D eigenvalue weighted by Crippen LogP contribution is -2.52. The van der Waals surface area contributed by atoms with Crippen LogP contribution in [0.25, 0.3) is 0 Å². The van der Waals surface area contributed by atoms with E-state index in [9.17, 15) is 0 Å². The third kappa shape index (κ3) is 6.77. The Kier molecular flexibility index (Phi) is 10.2. The number of rotatable bonds is 7. The summed E-state index contributed by atoms with van der Waals surface area (Å²) in [6.07, 6.45) is 0.896. The molecule has 2 aromatic carbocycles. The summed E-state index contributed by atoms with van der Waals surface area (Å²) in [6, 6.07) is 16.7. The predicted octanol–water partition coefficient (Wildman–Crippen LogP) is 3.26. The van der Waals surface area contributed by atoms with Crippen molar-refractivity contribution in [2.45, 2.75) is 13.0 Å². The van der Waals surface area contributed by atoms with Gasteiger partial charge in [-0.2, -0.15) is 0 Å². The van der Waals surface area contributed by atoms with Crippen molar-refractivity contribution in [3.63, 3.8) is 0 Å². The topological polar surface area (TPSA) is 49.3 Å². The van der Waals surface area contributed by atoms with Crippen molar-refractivity contribution in [1.29, 1.82) is 0 Å². The molecule has 1 aliphatic heterocycles. The van der Waals surface area contributed by atoms with Gasteiger partial charge in [0.1, 0.15) is 0 Å². The van der Waals surface area contributed by atoms with Gasteiger partial charge in [-0.1, -0.05) is 36.4 Å². The molecule has 6 nitrogen and oxygen atoms in total. The number of nitrogens with zero attached hydrogens (tertiary/aromatic N) is 3. The molecule has 1 saturated heterocycles. The average Bonchev–Trinajstić information content (AvgIpc) is 2.78. The third-order valence-electron chi connectivity index (χ3n) is 5.28. The lowest BCUT2D eigenvalue weighted by molar-refractivity contribution is 0.172. The number of guanidine groups is 1. The second-order valence-electron chi connectivity index (χ2n) is 7.16. The molecule has 1 N–H and O–H groups in total. The zero-order chi connectivity index (χ0) is 20.5. The van der Waals surface area contributed by atoms with E-state index in [2.05, 4.69) is 56.5 Å². The van der Waals surface area contributed by atoms with Crippen molar-refractivity contribution in [1.82, 2.24) is 15.1 Å². The summed E-state index contributed by atoms with van der Waals surface area (Å²) in [5.41, 5.74) is 2.58. The molecule has 2 aromatic rings. The Morgan fingerprint density at radius 1 is 0.933 bits per heavy atom. The second kappa shape index (κ2) is 12.6. The van der Waals surface area contributed by atoms with Crippen LogP contribution in [0.4, 0.5) is 0 Å². The number of ether oxygens (including phenoxy) is 2. The Balaban J connectivity index is 0.00000320. The molecule has 0 unspecified atom stereocenters. The van der Waals surface area contributed by atoms with Gasteiger partial charge >= 0.3 is 0 Å². The van der Waals surface area contributed by atoms with Gasteiger partial charge in [-0.25, -0.2) is 0 Å². The van der Waals surface area contributed by atoms with Gasteiger partial charge in [0.25, 0.3) is 0 Å². The molecular formula is C23H33IN4O2. The molecule has 0 aromatic heterocycles. The smallest absolute Gasteiger partial charge is 0.193 e. The van der Waals surface area contributed by atoms with Gasteiger partial charge in [-0.15, -0.1) is 24.0 Å². The van der Waals surface area contributed by atoms with Crippen molar-refractivity contribution in [2.75, 3.05) is 54.0 Å². The molecule has 1 fully saturated rings. The van der Waals surface area contributed by atoms with Crippen LogP contribution in [0.5, 0.6) is 11.5 Å². The lowest BCUT2D eigenvalue weighted by Gasteiger charge is -2.36. The third-order valence-corrected chi connectivity index (χ3v) is 5.28. The van der Waals surface area contributed by atoms with E-state index >= 15 is 0 Å². The van der Waals surface area contributed by atoms with Gasteiger partial charge < -0.3 is 19.7 Å². The fraction of sp³-hybridized carbons (Fsp3) is 0.435. The summed E-state index contributed by atoms with van der Waals surface area (Å²) in [5, 5.41) is 3.50. The zero-order valence-corrected chi connectivity index (χ0v) is 20.5. The molecule has 0 bridgehead atoms. The molecule has 30 heavy (non-hydrogen) atoms. The number of methoxy groups -OCH3 is 2. The van der Waals surface area contributed by atoms with Gasteiger partial charge in [0.15, 0.2) is 17.5 Å². The summed E-state index contributed by atoms with van der Waals surface area (Å²) in [5.74, 6) is 2.50. The van der Waals surface area contributed by atoms with E-state index in [1.54, 1.807) is 14.2 Å². The Morgan fingerprint density at radius 2 is 1.63 bits per heavy atom. The van der Waals surface area contributed by atoms with E-state index in [4.69, 9.17) is 9.47 Å². The molecule has 3 rings (SSSR count). The van der Waals surface area contributed by atoms with Gasteiger partial charge in [-0.3, -0.25) is 9.89 Å². The van der Waals surface area contributed by atoms with E-state index in [1.165, 1.54) is 11.1 Å². The number of hydrogen-bond donors (Lipinski definition) is 1. The zero-order valence-electron chi connectivity index (χ0n) is 18.1. The average molecular weight is 524 g/mol. The van der Waals surface area contributed by atoms with Crippen molar-refractivity contribution < 1.29 is 9.47 Å². The highest BCUT2D eigenvalue weighted by atomic mass is 127. The minimum Gasteiger partial charge on any atom is -0.493 e. The highest BCUT2D eigenvalue weighted by Crippen LogP contribution is 2.27. The molecule has 0 radical (unpaired) electrons. The molecule has 164 valence electrons. The van der Waals surface area contributed by atoms with Crippen LogP contribution >= 0.6 is 24.0 Å². The van der Waals surface area contributed by atoms with Crippen LogP contribution in [0, 0.1) is 0 Å². The Labute approximate surface area is 197 Å². The first-order chi connectivity index (χ1) is 14.2. The molecular weight excluding hydrogens is 491 g/mol. The van der Waals surface area contributed by atoms with Crippen molar-refractivity contribution in [3.8, 4) is 11.5 Å². The van der Waals surface area contributed by atoms with Gasteiger partial charge in [0.2, 0.25) is 0 Å². The maximum Gasteiger partial charge on any atom is 0.193 e. The largest absolute Gasteiger partial charge is 0.493 e. The highest BCUT2D eigenvalue weighted by molar-refractivity contribution is 14.0. The number of hydrogen-bond acceptors (Lipinski definition) is 4. The summed E-state index contributed by atoms with van der Waals surface area (Å²) in [6.45, 7) is 5.91. The molecule has 0 saturated carbocycles. The van der Waals surface area contributed by atoms with E-state index in [1.807, 2.05) is 19.2 Å². The fourth-order valence-corrected chi connectivity index (χ4v) is 3.65. The minimum atomic E-state index is 0. The van der Waals surface area contributed by atoms with E-state index in [0.29, 0.717) is 0 Å². The van der Waals surface area contributed by atoms with Crippen molar-refractivity contribution in [3.05, 3.63) is 59.7 Å². The summed E-state index contributed by atoms with van der Waals surface area (Å²) in [7, 11) is 5.18. The summed E-state index contributed by atoms with van der Waals surface area (Å²) < 4.78 is 10.7. The quantitative estimate of drug-likeness (QED) is 0.343. The molecule has 1 heterocycles. The maximum atomic E-state index is 5.39. The van der Waals surface area contributed by atoms with Crippen LogP contribution in [0.1, 0.15) is 11.1 Å². The molecule has 0 amide bonds. The van der Waals surface area contributed by atoms with E-state index < -0.39 is 0 Å². The van der Waals surface area contributed by atoms with Crippen molar-refractivity contribution in [2.24, 2.45) is 4.99 Å². The molecule has 0 aliphatic carbocycles. The maximum absolute atomic E-state index is 5.39. The number of aliphatic imine (C=N–C) groups is 1. The molecule has 0 spiro atoms. The summed E-state index contributed by atoms with van der Waals surface area (Å²) >= 11 is 0. The van der Waals surface area contributed by atoms with Gasteiger partial charge in [0.05, 0.1) is 14.2 Å². The number of benzene rings is 2. The highest BCUT2D eigenvalue weighted by Gasteiger charge is 2.19. The normalized spacial score (nSPS) is 14.8. The van der Waals surface area contributed by atoms with Crippen LogP contribution in [-0.4, -0.2) is 69.8 Å². The number of halogens is 1. The first-order valence-electron chi connectivity index (χ1n) is 10.2. The monoisotopic (exact) mass is 524 g/mol. The van der Waals surface area contributed by atoms with Crippen molar-refractivity contribution >= 4 is 29.9 Å². The van der Waals surface area contributed by atoms with E-state index in [0.717, 1.165) is 63.1 Å². The second-order valence-corrected chi connectivity index (χ2v) is 7.16. The van der Waals surface area contributed by atoms with Crippen LogP contribution in [0.15, 0.2) is 53.5 Å². The standard InChI is InChI=1S/C23H32N4O2.HI/c1-24-23(25-12-11-19-9-10-21(28-2)22(17-19)29-3)27-15-13-26(14-16-27)18-20-7-5-4-6-8-20;/h4-10,17H,11-16,18H2,1-3H3,(H,24,25);1H. The fourth-order valence-electron chi connectivity index (χ4n) is 3.65. The van der Waals surface area contributed by atoms with E-state index in [-0.39, 0.29) is 24.0 Å². The molecule has 0 atom stereocenters. The van der Waals surface area contributed by atoms with Crippen LogP contribution < -0.4 is 14.8 Å². The number of piperazine rings is 1. The van der Waals surface area contributed by atoms with Crippen LogP contribution in [0.3, 0.4) is 0 Å².